The molecule has 0 aliphatic heterocycles. The molecule has 19 heavy (non-hydrogen) atoms. The topological polar surface area (TPSA) is 24.9 Å². The van der Waals surface area contributed by atoms with Crippen LogP contribution in [0, 0.1) is 0 Å². The highest BCUT2D eigenvalue weighted by Crippen LogP contribution is 2.33. The van der Waals surface area contributed by atoms with Crippen LogP contribution in [0.5, 0.6) is 0 Å². The van der Waals surface area contributed by atoms with Gasteiger partial charge in [-0.15, -0.1) is 0 Å². The van der Waals surface area contributed by atoms with Crippen LogP contribution in [0.25, 0.3) is 10.2 Å². The molecule has 0 bridgehead atoms. The van der Waals surface area contributed by atoms with E-state index in [0.717, 1.165) is 35.6 Å². The standard InChI is InChI=1S/C12H13F3N2S2/c1-18-6-2-5-16-11-17-9-7-8(12(13,14)15)3-4-10(9)19-11/h3-4,7H,2,5-6H2,1H3,(H,16,17). The van der Waals surface area contributed by atoms with E-state index >= 15 is 0 Å². The van der Waals surface area contributed by atoms with Gasteiger partial charge in [-0.2, -0.15) is 24.9 Å². The van der Waals surface area contributed by atoms with Crippen molar-refractivity contribution in [1.29, 1.82) is 0 Å². The number of nitrogens with zero attached hydrogens (tertiary/aromatic N) is 1. The quantitative estimate of drug-likeness (QED) is 0.824. The zero-order valence-electron chi connectivity index (χ0n) is 10.3. The van der Waals surface area contributed by atoms with Gasteiger partial charge in [-0.25, -0.2) is 4.98 Å². The number of alkyl halides is 3. The van der Waals surface area contributed by atoms with E-state index in [0.29, 0.717) is 10.6 Å². The Morgan fingerprint density at radius 1 is 1.37 bits per heavy atom. The number of halogens is 3. The molecule has 0 aliphatic carbocycles. The van der Waals surface area contributed by atoms with Gasteiger partial charge < -0.3 is 5.32 Å². The van der Waals surface area contributed by atoms with E-state index in [2.05, 4.69) is 10.3 Å². The minimum absolute atomic E-state index is 0.396. The number of fused-ring (bicyclic) bond motifs is 1. The molecule has 0 unspecified atom stereocenters. The first-order valence-corrected chi connectivity index (χ1v) is 7.92. The smallest absolute Gasteiger partial charge is 0.361 e. The number of rotatable bonds is 5. The molecule has 104 valence electrons. The van der Waals surface area contributed by atoms with Gasteiger partial charge in [0.2, 0.25) is 0 Å². The predicted octanol–water partition coefficient (Wildman–Crippen LogP) is 4.48. The molecule has 1 aromatic carbocycles. The highest BCUT2D eigenvalue weighted by molar-refractivity contribution is 7.98. The van der Waals surface area contributed by atoms with Crippen molar-refractivity contribution in [3.63, 3.8) is 0 Å². The average molecular weight is 306 g/mol. The summed E-state index contributed by atoms with van der Waals surface area (Å²) in [6, 6.07) is 3.67. The molecular weight excluding hydrogens is 293 g/mol. The van der Waals surface area contributed by atoms with Crippen LogP contribution in [0.4, 0.5) is 18.3 Å². The molecule has 2 rings (SSSR count). The zero-order valence-corrected chi connectivity index (χ0v) is 11.9. The van der Waals surface area contributed by atoms with Crippen molar-refractivity contribution in [3.05, 3.63) is 23.8 Å². The number of anilines is 1. The number of hydrogen-bond donors (Lipinski definition) is 1. The van der Waals surface area contributed by atoms with Crippen LogP contribution in [0.15, 0.2) is 18.2 Å². The Hall–Kier alpha value is -0.950. The van der Waals surface area contributed by atoms with Crippen molar-refractivity contribution in [2.75, 3.05) is 23.9 Å². The molecule has 0 atom stereocenters. The maximum atomic E-state index is 12.6. The fourth-order valence-electron chi connectivity index (χ4n) is 1.59. The van der Waals surface area contributed by atoms with Gasteiger partial charge in [0.1, 0.15) is 0 Å². The van der Waals surface area contributed by atoms with Gasteiger partial charge in [-0.3, -0.25) is 0 Å². The van der Waals surface area contributed by atoms with Crippen molar-refractivity contribution >= 4 is 38.4 Å². The fraction of sp³-hybridized carbons (Fsp3) is 0.417. The van der Waals surface area contributed by atoms with Gasteiger partial charge in [-0.05, 0) is 36.6 Å². The van der Waals surface area contributed by atoms with Gasteiger partial charge in [0.25, 0.3) is 0 Å². The molecule has 0 fully saturated rings. The van der Waals surface area contributed by atoms with Gasteiger partial charge in [0, 0.05) is 6.54 Å². The molecule has 7 heteroatoms. The Labute approximate surface area is 117 Å². The van der Waals surface area contributed by atoms with Crippen molar-refractivity contribution in [2.24, 2.45) is 0 Å². The summed E-state index contributed by atoms with van der Waals surface area (Å²) < 4.78 is 38.5. The van der Waals surface area contributed by atoms with Gasteiger partial charge in [0.15, 0.2) is 5.13 Å². The van der Waals surface area contributed by atoms with Gasteiger partial charge in [0.05, 0.1) is 15.8 Å². The molecule has 0 amide bonds. The first kappa shape index (κ1) is 14.5. The van der Waals surface area contributed by atoms with Crippen molar-refractivity contribution < 1.29 is 13.2 Å². The number of aromatic nitrogens is 1. The van der Waals surface area contributed by atoms with Gasteiger partial charge in [-0.1, -0.05) is 11.3 Å². The molecule has 0 radical (unpaired) electrons. The summed E-state index contributed by atoms with van der Waals surface area (Å²) in [6.45, 7) is 0.785. The lowest BCUT2D eigenvalue weighted by atomic mass is 10.2. The molecule has 0 saturated carbocycles. The summed E-state index contributed by atoms with van der Waals surface area (Å²) in [7, 11) is 0. The third-order valence-electron chi connectivity index (χ3n) is 2.52. The number of hydrogen-bond acceptors (Lipinski definition) is 4. The SMILES string of the molecule is CSCCCNc1nc2cc(C(F)(F)F)ccc2s1. The van der Waals surface area contributed by atoms with Gasteiger partial charge >= 0.3 is 6.18 Å². The van der Waals surface area contributed by atoms with Crippen molar-refractivity contribution in [3.8, 4) is 0 Å². The lowest BCUT2D eigenvalue weighted by Gasteiger charge is -2.04. The third kappa shape index (κ3) is 3.76. The first-order chi connectivity index (χ1) is 9.00. The van der Waals surface area contributed by atoms with Crippen LogP contribution in [0.3, 0.4) is 0 Å². The fourth-order valence-corrected chi connectivity index (χ4v) is 2.90. The van der Waals surface area contributed by atoms with Crippen molar-refractivity contribution in [1.82, 2.24) is 4.98 Å². The van der Waals surface area contributed by atoms with Crippen LogP contribution in [-0.4, -0.2) is 23.5 Å². The van der Waals surface area contributed by atoms with Crippen LogP contribution in [0.2, 0.25) is 0 Å². The molecule has 0 spiro atoms. The lowest BCUT2D eigenvalue weighted by Crippen LogP contribution is -2.04. The number of thiazole rings is 1. The lowest BCUT2D eigenvalue weighted by molar-refractivity contribution is -0.137. The second-order valence-corrected chi connectivity index (χ2v) is 5.99. The maximum Gasteiger partial charge on any atom is 0.416 e. The van der Waals surface area contributed by atoms with E-state index in [1.54, 1.807) is 11.8 Å². The highest BCUT2D eigenvalue weighted by atomic mass is 32.2. The highest BCUT2D eigenvalue weighted by Gasteiger charge is 2.30. The van der Waals surface area contributed by atoms with E-state index in [1.165, 1.54) is 17.4 Å². The minimum Gasteiger partial charge on any atom is -0.361 e. The van der Waals surface area contributed by atoms with Crippen LogP contribution < -0.4 is 5.32 Å². The average Bonchev–Trinajstić information content (AvgIpc) is 2.75. The monoisotopic (exact) mass is 306 g/mol. The normalized spacial score (nSPS) is 12.0. The molecule has 2 nitrogen and oxygen atoms in total. The van der Waals surface area contributed by atoms with Crippen molar-refractivity contribution in [2.45, 2.75) is 12.6 Å². The Bertz CT molecular complexity index is 551. The second-order valence-electron chi connectivity index (χ2n) is 3.97. The Kier molecular flexibility index (Phi) is 4.57. The zero-order chi connectivity index (χ0) is 13.9. The van der Waals surface area contributed by atoms with Crippen LogP contribution in [0.1, 0.15) is 12.0 Å². The van der Waals surface area contributed by atoms with E-state index in [-0.39, 0.29) is 0 Å². The summed E-state index contributed by atoms with van der Waals surface area (Å²) in [5.41, 5.74) is -0.258. The summed E-state index contributed by atoms with van der Waals surface area (Å²) in [6.07, 6.45) is -1.27. The number of thioether (sulfide) groups is 1. The van der Waals surface area contributed by atoms with Crippen LogP contribution >= 0.6 is 23.1 Å². The molecule has 1 N–H and O–H groups in total. The number of nitrogens with one attached hydrogen (secondary N) is 1. The largest absolute Gasteiger partial charge is 0.416 e. The Balaban J connectivity index is 2.12. The molecule has 0 saturated heterocycles. The first-order valence-electron chi connectivity index (χ1n) is 5.71. The molecule has 0 aliphatic rings. The Morgan fingerprint density at radius 2 is 2.16 bits per heavy atom. The summed E-state index contributed by atoms with van der Waals surface area (Å²) >= 11 is 3.14. The van der Waals surface area contributed by atoms with Crippen LogP contribution in [-0.2, 0) is 6.18 Å². The molecule has 1 heterocycles. The number of benzene rings is 1. The summed E-state index contributed by atoms with van der Waals surface area (Å²) in [4.78, 5) is 4.19. The second kappa shape index (κ2) is 6.00. The Morgan fingerprint density at radius 3 is 2.84 bits per heavy atom. The van der Waals surface area contributed by atoms with E-state index in [1.807, 2.05) is 6.26 Å². The summed E-state index contributed by atoms with van der Waals surface area (Å²) in [5.74, 6) is 1.05. The minimum atomic E-state index is -4.32. The van der Waals surface area contributed by atoms with E-state index in [4.69, 9.17) is 0 Å². The van der Waals surface area contributed by atoms with E-state index in [9.17, 15) is 13.2 Å². The molecular formula is C12H13F3N2S2. The third-order valence-corrected chi connectivity index (χ3v) is 4.21. The molecule has 2 aromatic rings. The maximum absolute atomic E-state index is 12.6. The molecule has 1 aromatic heterocycles. The summed E-state index contributed by atoms with van der Waals surface area (Å²) in [5, 5.41) is 3.82. The predicted molar refractivity (Wildman–Crippen MR) is 76.1 cm³/mol. The van der Waals surface area contributed by atoms with E-state index < -0.39 is 11.7 Å².